The maximum atomic E-state index is 12.3. The first-order valence-corrected chi connectivity index (χ1v) is 22.8. The Labute approximate surface area is 323 Å². The smallest absolute Gasteiger partial charge is 0.457 e. The maximum Gasteiger partial charge on any atom is 0.472 e. The van der Waals surface area contributed by atoms with Gasteiger partial charge in [-0.1, -0.05) is 141 Å². The molecule has 3 N–H and O–H groups in total. The van der Waals surface area contributed by atoms with Gasteiger partial charge in [-0.25, -0.2) is 4.57 Å². The monoisotopic (exact) mass is 775 g/mol. The van der Waals surface area contributed by atoms with Crippen molar-refractivity contribution in [3.63, 3.8) is 0 Å². The van der Waals surface area contributed by atoms with E-state index in [1.54, 1.807) is 0 Å². The zero-order chi connectivity index (χ0) is 39.1. The van der Waals surface area contributed by atoms with E-state index in [1.807, 2.05) is 0 Å². The summed E-state index contributed by atoms with van der Waals surface area (Å²) >= 11 is 0. The number of aliphatic hydroxyl groups is 2. The zero-order valence-corrected chi connectivity index (χ0v) is 34.6. The molecular weight excluding hydrogens is 695 g/mol. The van der Waals surface area contributed by atoms with Gasteiger partial charge in [-0.2, -0.15) is 0 Å². The molecule has 0 saturated carbocycles. The highest BCUT2D eigenvalue weighted by Crippen LogP contribution is 2.43. The first-order valence-electron chi connectivity index (χ1n) is 21.3. The zero-order valence-electron chi connectivity index (χ0n) is 33.7. The summed E-state index contributed by atoms with van der Waals surface area (Å²) in [7, 11) is -4.64. The highest BCUT2D eigenvalue weighted by molar-refractivity contribution is 7.47. The Bertz CT molecular complexity index is 871. The maximum absolute atomic E-state index is 12.3. The molecule has 0 aliphatic rings. The van der Waals surface area contributed by atoms with Crippen molar-refractivity contribution in [1.29, 1.82) is 0 Å². The van der Waals surface area contributed by atoms with Crippen LogP contribution in [-0.2, 0) is 32.7 Å². The number of hydrogen-bond acceptors (Lipinski definition) is 9. The van der Waals surface area contributed by atoms with Crippen LogP contribution >= 0.6 is 7.82 Å². The van der Waals surface area contributed by atoms with Crippen molar-refractivity contribution >= 4 is 19.8 Å². The molecule has 0 amide bonds. The summed E-state index contributed by atoms with van der Waals surface area (Å²) in [6, 6.07) is 0. The molecule has 11 heteroatoms. The summed E-state index contributed by atoms with van der Waals surface area (Å²) < 4.78 is 32.5. The predicted molar refractivity (Wildman–Crippen MR) is 215 cm³/mol. The van der Waals surface area contributed by atoms with Gasteiger partial charge in [0.05, 0.1) is 26.4 Å². The van der Waals surface area contributed by atoms with E-state index in [0.29, 0.717) is 12.8 Å². The van der Waals surface area contributed by atoms with Gasteiger partial charge in [0.2, 0.25) is 0 Å². The van der Waals surface area contributed by atoms with Gasteiger partial charge >= 0.3 is 19.8 Å². The molecule has 0 aromatic carbocycles. The van der Waals surface area contributed by atoms with Crippen LogP contribution in [0.3, 0.4) is 0 Å². The van der Waals surface area contributed by atoms with Crippen LogP contribution in [0.25, 0.3) is 0 Å². The fourth-order valence-electron chi connectivity index (χ4n) is 5.81. The lowest BCUT2D eigenvalue weighted by Crippen LogP contribution is -2.28. The predicted octanol–water partition coefficient (Wildman–Crippen LogP) is 11.0. The molecule has 0 unspecified atom stereocenters. The third kappa shape index (κ3) is 37.2. The Morgan fingerprint density at radius 3 is 1.08 bits per heavy atom. The normalized spacial score (nSPS) is 13.2. The SMILES string of the molecule is CCCCCCCC/C=C\CCCCCCCC(=O)O[C@@H](CO)COP(=O)(O)OC[C@H](CO)OC(=O)CCCCCCC/C=C\CCCCCCCC. The number of esters is 2. The van der Waals surface area contributed by atoms with Crippen molar-refractivity contribution in [3.05, 3.63) is 24.3 Å². The molecule has 0 aromatic heterocycles. The third-order valence-corrected chi connectivity index (χ3v) is 10.1. The van der Waals surface area contributed by atoms with Crippen molar-refractivity contribution < 1.29 is 47.8 Å². The van der Waals surface area contributed by atoms with Crippen molar-refractivity contribution in [3.8, 4) is 0 Å². The fraction of sp³-hybridized carbons (Fsp3) is 0.857. The molecule has 312 valence electrons. The molecule has 0 aliphatic carbocycles. The fourth-order valence-corrected chi connectivity index (χ4v) is 6.59. The van der Waals surface area contributed by atoms with E-state index in [2.05, 4.69) is 38.2 Å². The Kier molecular flexibility index (Phi) is 37.6. The standard InChI is InChI=1S/C42H79O10P/c1-3-5-7-9-11-13-15-17-19-21-23-25-27-29-31-33-41(45)51-39(35-43)37-49-53(47,48)50-38-40(36-44)52-42(46)34-32-30-28-26-24-22-20-18-16-14-12-10-8-6-4-2/h17-20,39-40,43-44H,3-16,21-38H2,1-2H3,(H,47,48)/b19-17-,20-18-/t39-,40-/m0/s1. The first kappa shape index (κ1) is 51.5. The van der Waals surface area contributed by atoms with Crippen LogP contribution in [0.4, 0.5) is 0 Å². The van der Waals surface area contributed by atoms with Crippen molar-refractivity contribution in [2.45, 2.75) is 206 Å². The van der Waals surface area contributed by atoms with Crippen molar-refractivity contribution in [2.75, 3.05) is 26.4 Å². The van der Waals surface area contributed by atoms with E-state index in [1.165, 1.54) is 77.0 Å². The Balaban J connectivity index is 3.95. The second kappa shape index (κ2) is 38.7. The number of phosphoric ester groups is 1. The number of aliphatic hydroxyl groups excluding tert-OH is 2. The van der Waals surface area contributed by atoms with Crippen LogP contribution in [0.2, 0.25) is 0 Å². The molecule has 2 atom stereocenters. The lowest BCUT2D eigenvalue weighted by atomic mass is 10.1. The van der Waals surface area contributed by atoms with Gasteiger partial charge in [-0.15, -0.1) is 0 Å². The van der Waals surface area contributed by atoms with E-state index in [-0.39, 0.29) is 12.8 Å². The number of allylic oxidation sites excluding steroid dienone is 4. The van der Waals surface area contributed by atoms with Gasteiger partial charge in [0.15, 0.2) is 0 Å². The summed E-state index contributed by atoms with van der Waals surface area (Å²) in [6.45, 7) is 2.18. The number of ether oxygens (including phenoxy) is 2. The summed E-state index contributed by atoms with van der Waals surface area (Å²) in [6.07, 6.45) is 37.2. The molecule has 0 heterocycles. The molecule has 0 aromatic rings. The molecule has 0 saturated heterocycles. The van der Waals surface area contributed by atoms with Gasteiger partial charge < -0.3 is 24.6 Å². The first-order chi connectivity index (χ1) is 25.8. The van der Waals surface area contributed by atoms with Crippen LogP contribution in [-0.4, -0.2) is 65.7 Å². The minimum atomic E-state index is -4.64. The number of hydrogen-bond donors (Lipinski definition) is 3. The second-order valence-electron chi connectivity index (χ2n) is 14.3. The third-order valence-electron chi connectivity index (χ3n) is 9.14. The van der Waals surface area contributed by atoms with E-state index >= 15 is 0 Å². The number of unbranched alkanes of at least 4 members (excludes halogenated alkanes) is 22. The molecule has 0 bridgehead atoms. The largest absolute Gasteiger partial charge is 0.472 e. The highest BCUT2D eigenvalue weighted by Gasteiger charge is 2.27. The van der Waals surface area contributed by atoms with Gasteiger partial charge in [-0.05, 0) is 64.2 Å². The van der Waals surface area contributed by atoms with Gasteiger partial charge in [0.25, 0.3) is 0 Å². The molecule has 0 radical (unpaired) electrons. The number of phosphoric acid groups is 1. The summed E-state index contributed by atoms with van der Waals surface area (Å²) in [5.74, 6) is -1.03. The number of carbonyl (C=O) groups is 2. The van der Waals surface area contributed by atoms with Crippen LogP contribution in [0.5, 0.6) is 0 Å². The summed E-state index contributed by atoms with van der Waals surface area (Å²) in [4.78, 5) is 34.5. The van der Waals surface area contributed by atoms with E-state index in [0.717, 1.165) is 77.0 Å². The van der Waals surface area contributed by atoms with E-state index < -0.39 is 58.4 Å². The molecule has 0 fully saturated rings. The topological polar surface area (TPSA) is 149 Å². The average molecular weight is 775 g/mol. The molecule has 0 aliphatic heterocycles. The number of rotatable bonds is 40. The quantitative estimate of drug-likeness (QED) is 0.0238. The van der Waals surface area contributed by atoms with Crippen LogP contribution < -0.4 is 0 Å². The molecule has 0 rings (SSSR count). The Morgan fingerprint density at radius 2 is 0.774 bits per heavy atom. The number of carbonyl (C=O) groups excluding carboxylic acids is 2. The molecule has 10 nitrogen and oxygen atoms in total. The van der Waals surface area contributed by atoms with Gasteiger partial charge in [0, 0.05) is 12.8 Å². The highest BCUT2D eigenvalue weighted by atomic mass is 31.2. The molecular formula is C42H79O10P. The molecule has 53 heavy (non-hydrogen) atoms. The Morgan fingerprint density at radius 1 is 0.491 bits per heavy atom. The van der Waals surface area contributed by atoms with Crippen molar-refractivity contribution in [1.82, 2.24) is 0 Å². The Hall–Kier alpha value is -1.55. The second-order valence-corrected chi connectivity index (χ2v) is 15.8. The molecule has 0 spiro atoms. The van der Waals surface area contributed by atoms with Crippen LogP contribution in [0, 0.1) is 0 Å². The van der Waals surface area contributed by atoms with Crippen LogP contribution in [0.15, 0.2) is 24.3 Å². The summed E-state index contributed by atoms with van der Waals surface area (Å²) in [5.41, 5.74) is 0. The summed E-state index contributed by atoms with van der Waals surface area (Å²) in [5, 5.41) is 19.1. The lowest BCUT2D eigenvalue weighted by Gasteiger charge is -2.20. The van der Waals surface area contributed by atoms with E-state index in [4.69, 9.17) is 18.5 Å². The van der Waals surface area contributed by atoms with E-state index in [9.17, 15) is 29.3 Å². The minimum Gasteiger partial charge on any atom is -0.457 e. The van der Waals surface area contributed by atoms with Crippen molar-refractivity contribution in [2.24, 2.45) is 0 Å². The van der Waals surface area contributed by atoms with Crippen LogP contribution in [0.1, 0.15) is 194 Å². The van der Waals surface area contributed by atoms with Gasteiger partial charge in [-0.3, -0.25) is 18.6 Å². The minimum absolute atomic E-state index is 0.183. The van der Waals surface area contributed by atoms with Gasteiger partial charge in [0.1, 0.15) is 12.2 Å². The average Bonchev–Trinajstić information content (AvgIpc) is 3.14. The lowest BCUT2D eigenvalue weighted by molar-refractivity contribution is -0.153.